The van der Waals surface area contributed by atoms with E-state index in [2.05, 4.69) is 9.46 Å². The van der Waals surface area contributed by atoms with E-state index < -0.39 is 107 Å². The summed E-state index contributed by atoms with van der Waals surface area (Å²) in [6.07, 6.45) is -3.80. The first kappa shape index (κ1) is 30.4. The Balaban J connectivity index is 1.10. The normalized spacial score (nSPS) is 32.1. The fourth-order valence-corrected chi connectivity index (χ4v) is 10.7. The molecule has 11 nitrogen and oxygen atoms in total. The maximum absolute atomic E-state index is 14.7. The quantitative estimate of drug-likeness (QED) is 0.138. The lowest BCUT2D eigenvalue weighted by atomic mass is 9.59. The Hall–Kier alpha value is -3.90. The van der Waals surface area contributed by atoms with Gasteiger partial charge in [0.1, 0.15) is 38.4 Å². The van der Waals surface area contributed by atoms with Gasteiger partial charge in [0.2, 0.25) is 27.4 Å². The predicted molar refractivity (Wildman–Crippen MR) is 146 cm³/mol. The van der Waals surface area contributed by atoms with Crippen molar-refractivity contribution in [3.8, 4) is 5.75 Å². The highest BCUT2D eigenvalue weighted by atomic mass is 32.2. The van der Waals surface area contributed by atoms with Gasteiger partial charge in [-0.05, 0) is 28.7 Å². The topological polar surface area (TPSA) is 165 Å². The van der Waals surface area contributed by atoms with Crippen LogP contribution in [0.1, 0.15) is 40.5 Å². The molecule has 246 valence electrons. The molecule has 3 aromatic carbocycles. The van der Waals surface area contributed by atoms with E-state index in [-0.39, 0.29) is 11.8 Å². The number of halogens is 4. The Labute approximate surface area is 263 Å². The van der Waals surface area contributed by atoms with Crippen molar-refractivity contribution in [2.75, 3.05) is 0 Å². The molecule has 47 heavy (non-hydrogen) atoms. The zero-order chi connectivity index (χ0) is 33.3. The lowest BCUT2D eigenvalue weighted by Gasteiger charge is -2.44. The summed E-state index contributed by atoms with van der Waals surface area (Å²) < 4.78 is 136. The number of fused-ring (bicyclic) bond motifs is 2. The van der Waals surface area contributed by atoms with Crippen LogP contribution in [0.5, 0.6) is 5.75 Å². The second-order valence-electron chi connectivity index (χ2n) is 12.1. The lowest BCUT2D eigenvalue weighted by molar-refractivity contribution is -0.162. The number of hydrogen-bond donors (Lipinski definition) is 1. The standard InChI is InChI=1S/C30H21F4NO10S2/c31-18-20(33)28(47(40,41)42)21(34)19(32)24(18)44-30(37)17-23-25(22-26(43-23)27(17)46(38,39)35-22)45-29(36)15-9-14-10-5-1-3-7-12(10)16(15)13-8-4-2-6-11(13)14/h1-8,14-17,22-23,25-27,35H,9H2,(H,40,41,42)/p-1. The van der Waals surface area contributed by atoms with Crippen LogP contribution in [0.15, 0.2) is 53.4 Å². The summed E-state index contributed by atoms with van der Waals surface area (Å²) >= 11 is 0. The Kier molecular flexibility index (Phi) is 6.51. The van der Waals surface area contributed by atoms with Crippen molar-refractivity contribution in [2.24, 2.45) is 11.8 Å². The molecule has 7 unspecified atom stereocenters. The first-order valence-corrected chi connectivity index (χ1v) is 17.2. The molecule has 3 fully saturated rings. The maximum Gasteiger partial charge on any atom is 0.318 e. The van der Waals surface area contributed by atoms with Crippen molar-refractivity contribution in [1.82, 2.24) is 4.72 Å². The van der Waals surface area contributed by atoms with Crippen LogP contribution in [0.25, 0.3) is 0 Å². The van der Waals surface area contributed by atoms with Crippen LogP contribution < -0.4 is 9.46 Å². The van der Waals surface area contributed by atoms with Crippen molar-refractivity contribution in [2.45, 2.75) is 52.8 Å². The van der Waals surface area contributed by atoms with Crippen LogP contribution in [0.2, 0.25) is 0 Å². The van der Waals surface area contributed by atoms with Gasteiger partial charge in [0.15, 0.2) is 11.6 Å². The summed E-state index contributed by atoms with van der Waals surface area (Å²) in [4.78, 5) is 24.7. The van der Waals surface area contributed by atoms with Crippen LogP contribution >= 0.6 is 0 Å². The average Bonchev–Trinajstić information content (AvgIpc) is 3.64. The molecular formula is C30H20F4NO10S2-. The number of ether oxygens (including phenoxy) is 3. The van der Waals surface area contributed by atoms with Crippen molar-refractivity contribution in [3.05, 3.63) is 94.1 Å². The van der Waals surface area contributed by atoms with Gasteiger partial charge in [-0.2, -0.15) is 8.78 Å². The van der Waals surface area contributed by atoms with E-state index >= 15 is 0 Å². The zero-order valence-corrected chi connectivity index (χ0v) is 25.1. The molecule has 9 rings (SSSR count). The summed E-state index contributed by atoms with van der Waals surface area (Å²) in [7, 11) is -10.4. The Bertz CT molecular complexity index is 2070. The Morgan fingerprint density at radius 1 is 0.851 bits per heavy atom. The van der Waals surface area contributed by atoms with Crippen molar-refractivity contribution >= 4 is 32.1 Å². The van der Waals surface area contributed by atoms with Gasteiger partial charge in [0.25, 0.3) is 0 Å². The molecule has 3 aliphatic heterocycles. The average molecular weight is 695 g/mol. The van der Waals surface area contributed by atoms with E-state index in [0.29, 0.717) is 6.42 Å². The second-order valence-corrected chi connectivity index (χ2v) is 15.3. The maximum atomic E-state index is 14.7. The van der Waals surface area contributed by atoms with E-state index in [4.69, 9.17) is 9.47 Å². The van der Waals surface area contributed by atoms with Crippen LogP contribution in [-0.2, 0) is 39.2 Å². The van der Waals surface area contributed by atoms with Crippen LogP contribution in [0.3, 0.4) is 0 Å². The summed E-state index contributed by atoms with van der Waals surface area (Å²) in [6.45, 7) is 0. The fraction of sp³-hybridized carbons (Fsp3) is 0.333. The van der Waals surface area contributed by atoms with Gasteiger partial charge >= 0.3 is 11.9 Å². The molecule has 3 aromatic rings. The molecular weight excluding hydrogens is 674 g/mol. The summed E-state index contributed by atoms with van der Waals surface area (Å²) in [6, 6.07) is 14.2. The minimum absolute atomic E-state index is 0.119. The molecule has 3 saturated heterocycles. The lowest BCUT2D eigenvalue weighted by Crippen LogP contribution is -2.52. The third-order valence-corrected chi connectivity index (χ3v) is 12.5. The molecule has 3 aliphatic carbocycles. The largest absolute Gasteiger partial charge is 0.744 e. The fourth-order valence-electron chi connectivity index (χ4n) is 8.04. The Morgan fingerprint density at radius 3 is 1.96 bits per heavy atom. The number of esters is 2. The molecule has 7 atom stereocenters. The SMILES string of the molecule is O=C(OC1C2NS(=O)(=O)C3C2OC1C3C(=O)Oc1c(F)c(F)c(S(=O)(=O)[O-])c(F)c1F)C1CC2c3ccccc3C1c1ccccc12. The molecule has 0 spiro atoms. The Morgan fingerprint density at radius 2 is 1.40 bits per heavy atom. The molecule has 1 N–H and O–H groups in total. The van der Waals surface area contributed by atoms with Crippen molar-refractivity contribution in [3.63, 3.8) is 0 Å². The highest BCUT2D eigenvalue weighted by Gasteiger charge is 2.73. The summed E-state index contributed by atoms with van der Waals surface area (Å²) in [5.41, 5.74) is 4.03. The van der Waals surface area contributed by atoms with Gasteiger partial charge in [-0.3, -0.25) is 9.59 Å². The van der Waals surface area contributed by atoms with Crippen molar-refractivity contribution < 1.29 is 62.7 Å². The minimum atomic E-state index is -6.04. The zero-order valence-electron chi connectivity index (χ0n) is 23.4. The summed E-state index contributed by atoms with van der Waals surface area (Å²) in [5.74, 6) is -17.9. The number of sulfonamides is 1. The smallest absolute Gasteiger partial charge is 0.318 e. The monoisotopic (exact) mass is 694 g/mol. The molecule has 0 aromatic heterocycles. The van der Waals surface area contributed by atoms with Crippen LogP contribution in [0.4, 0.5) is 17.6 Å². The number of rotatable bonds is 5. The minimum Gasteiger partial charge on any atom is -0.744 e. The molecule has 0 saturated carbocycles. The number of hydrogen-bond acceptors (Lipinski definition) is 10. The number of carbonyl (C=O) groups is 2. The highest BCUT2D eigenvalue weighted by molar-refractivity contribution is 7.90. The molecule has 17 heteroatoms. The van der Waals surface area contributed by atoms with E-state index in [9.17, 15) is 48.5 Å². The molecule has 3 heterocycles. The molecule has 6 aliphatic rings. The molecule has 0 amide bonds. The highest BCUT2D eigenvalue weighted by Crippen LogP contribution is 2.56. The predicted octanol–water partition coefficient (Wildman–Crippen LogP) is 2.33. The number of carbonyl (C=O) groups excluding carboxylic acids is 2. The third kappa shape index (κ3) is 4.19. The second kappa shape index (κ2) is 10.1. The third-order valence-electron chi connectivity index (χ3n) is 9.80. The van der Waals surface area contributed by atoms with Crippen LogP contribution in [-0.4, -0.2) is 62.9 Å². The van der Waals surface area contributed by atoms with Crippen LogP contribution in [0, 0.1) is 35.1 Å². The first-order valence-electron chi connectivity index (χ1n) is 14.3. The van der Waals surface area contributed by atoms with Gasteiger partial charge < -0.3 is 18.8 Å². The van der Waals surface area contributed by atoms with Gasteiger partial charge in [-0.25, -0.2) is 30.3 Å². The van der Waals surface area contributed by atoms with Crippen molar-refractivity contribution in [1.29, 1.82) is 0 Å². The van der Waals surface area contributed by atoms with Gasteiger partial charge in [0.05, 0.1) is 18.1 Å². The number of nitrogens with one attached hydrogen (secondary N) is 1. The van der Waals surface area contributed by atoms with E-state index in [0.717, 1.165) is 22.3 Å². The van der Waals surface area contributed by atoms with Gasteiger partial charge in [-0.1, -0.05) is 48.5 Å². The van der Waals surface area contributed by atoms with Gasteiger partial charge in [-0.15, -0.1) is 0 Å². The van der Waals surface area contributed by atoms with E-state index in [1.165, 1.54) is 0 Å². The molecule has 4 bridgehead atoms. The summed E-state index contributed by atoms with van der Waals surface area (Å²) in [5, 5.41) is -1.69. The van der Waals surface area contributed by atoms with E-state index in [1.54, 1.807) is 0 Å². The molecule has 0 radical (unpaired) electrons. The number of benzene rings is 3. The van der Waals surface area contributed by atoms with Gasteiger partial charge in [0, 0.05) is 11.8 Å². The first-order chi connectivity index (χ1) is 22.2. The van der Waals surface area contributed by atoms with E-state index in [1.807, 2.05) is 48.5 Å².